The standard InChI is InChI=1S/C27H40N2O6/c1-25(2,3)34-23(31)28-20(14-18-12-10-9-11-13-18)15-19(22(28)30)16-21-17-33-27(7,8)29(21)24(32)35-26(4,5)6/h9-13,19-21H,14-17H2,1-8H3. The average molecular weight is 489 g/mol. The number of benzene rings is 1. The van der Waals surface area contributed by atoms with Crippen molar-refractivity contribution in [3.63, 3.8) is 0 Å². The molecule has 8 heteroatoms. The van der Waals surface area contributed by atoms with Gasteiger partial charge in [0.25, 0.3) is 0 Å². The first-order chi connectivity index (χ1) is 16.1. The van der Waals surface area contributed by atoms with Gasteiger partial charge < -0.3 is 14.2 Å². The summed E-state index contributed by atoms with van der Waals surface area (Å²) in [6, 6.07) is 9.13. The lowest BCUT2D eigenvalue weighted by Crippen LogP contribution is -2.50. The Morgan fingerprint density at radius 3 is 2.11 bits per heavy atom. The molecule has 2 fully saturated rings. The van der Waals surface area contributed by atoms with E-state index in [9.17, 15) is 14.4 Å². The molecule has 194 valence electrons. The number of hydrogen-bond acceptors (Lipinski definition) is 6. The lowest BCUT2D eigenvalue weighted by atomic mass is 9.94. The van der Waals surface area contributed by atoms with Gasteiger partial charge in [0.15, 0.2) is 0 Å². The Kier molecular flexibility index (Phi) is 7.56. The first-order valence-electron chi connectivity index (χ1n) is 12.3. The van der Waals surface area contributed by atoms with E-state index in [1.807, 2.05) is 65.0 Å². The van der Waals surface area contributed by atoms with Crippen LogP contribution in [0.15, 0.2) is 30.3 Å². The van der Waals surface area contributed by atoms with E-state index < -0.39 is 35.0 Å². The molecule has 3 amide bonds. The van der Waals surface area contributed by atoms with Crippen molar-refractivity contribution in [2.24, 2.45) is 5.92 Å². The van der Waals surface area contributed by atoms with E-state index in [1.54, 1.807) is 25.7 Å². The molecule has 8 nitrogen and oxygen atoms in total. The second-order valence-electron chi connectivity index (χ2n) is 12.0. The number of ether oxygens (including phenoxy) is 3. The number of hydrogen-bond donors (Lipinski definition) is 0. The topological polar surface area (TPSA) is 85.4 Å². The third-order valence-electron chi connectivity index (χ3n) is 6.13. The molecule has 3 unspecified atom stereocenters. The van der Waals surface area contributed by atoms with Gasteiger partial charge in [0.05, 0.1) is 12.6 Å². The van der Waals surface area contributed by atoms with Crippen LogP contribution in [0.5, 0.6) is 0 Å². The van der Waals surface area contributed by atoms with Gasteiger partial charge in [0.2, 0.25) is 5.91 Å². The average Bonchev–Trinajstić information content (AvgIpc) is 3.15. The molecule has 2 saturated heterocycles. The quantitative estimate of drug-likeness (QED) is 0.583. The van der Waals surface area contributed by atoms with Gasteiger partial charge >= 0.3 is 12.2 Å². The fourth-order valence-electron chi connectivity index (χ4n) is 4.79. The highest BCUT2D eigenvalue weighted by Gasteiger charge is 2.50. The molecule has 2 aliphatic rings. The lowest BCUT2D eigenvalue weighted by Gasteiger charge is -2.35. The van der Waals surface area contributed by atoms with Gasteiger partial charge in [-0.3, -0.25) is 9.69 Å². The van der Waals surface area contributed by atoms with Crippen LogP contribution in [0.25, 0.3) is 0 Å². The maximum atomic E-state index is 13.5. The van der Waals surface area contributed by atoms with E-state index in [0.29, 0.717) is 25.9 Å². The van der Waals surface area contributed by atoms with Gasteiger partial charge in [-0.25, -0.2) is 14.5 Å². The predicted molar refractivity (Wildman–Crippen MR) is 132 cm³/mol. The van der Waals surface area contributed by atoms with Crippen LogP contribution in [0.4, 0.5) is 9.59 Å². The summed E-state index contributed by atoms with van der Waals surface area (Å²) in [5.74, 6) is -0.710. The second-order valence-corrected chi connectivity index (χ2v) is 12.0. The van der Waals surface area contributed by atoms with Crippen molar-refractivity contribution in [3.8, 4) is 0 Å². The van der Waals surface area contributed by atoms with Gasteiger partial charge in [0.1, 0.15) is 16.9 Å². The zero-order chi connectivity index (χ0) is 26.2. The van der Waals surface area contributed by atoms with Gasteiger partial charge in [-0.1, -0.05) is 30.3 Å². The summed E-state index contributed by atoms with van der Waals surface area (Å²) in [6.45, 7) is 14.7. The van der Waals surface area contributed by atoms with Crippen molar-refractivity contribution in [1.82, 2.24) is 9.80 Å². The zero-order valence-electron chi connectivity index (χ0n) is 22.3. The third-order valence-corrected chi connectivity index (χ3v) is 6.13. The Hall–Kier alpha value is -2.61. The van der Waals surface area contributed by atoms with Crippen LogP contribution in [0.1, 0.15) is 73.8 Å². The summed E-state index contributed by atoms with van der Waals surface area (Å²) in [7, 11) is 0. The van der Waals surface area contributed by atoms with E-state index in [4.69, 9.17) is 14.2 Å². The molecule has 0 radical (unpaired) electrons. The highest BCUT2D eigenvalue weighted by Crippen LogP contribution is 2.37. The first-order valence-corrected chi connectivity index (χ1v) is 12.3. The molecule has 0 aliphatic carbocycles. The summed E-state index contributed by atoms with van der Waals surface area (Å²) < 4.78 is 17.1. The molecule has 0 N–H and O–H groups in total. The van der Waals surface area contributed by atoms with E-state index in [-0.39, 0.29) is 18.0 Å². The molecule has 0 aromatic heterocycles. The van der Waals surface area contributed by atoms with Crippen LogP contribution in [0, 0.1) is 5.92 Å². The Balaban J connectivity index is 1.82. The van der Waals surface area contributed by atoms with Crippen LogP contribution in [-0.4, -0.2) is 63.5 Å². The van der Waals surface area contributed by atoms with Gasteiger partial charge in [-0.2, -0.15) is 0 Å². The third kappa shape index (κ3) is 6.75. The first kappa shape index (κ1) is 27.0. The number of amides is 3. The molecule has 2 heterocycles. The molecule has 0 saturated carbocycles. The summed E-state index contributed by atoms with van der Waals surface area (Å²) in [5.41, 5.74) is -1.19. The largest absolute Gasteiger partial charge is 0.444 e. The maximum absolute atomic E-state index is 13.5. The van der Waals surface area contributed by atoms with Crippen LogP contribution in [0.2, 0.25) is 0 Å². The maximum Gasteiger partial charge on any atom is 0.417 e. The fourth-order valence-corrected chi connectivity index (χ4v) is 4.79. The van der Waals surface area contributed by atoms with Crippen molar-refractivity contribution in [1.29, 1.82) is 0 Å². The van der Waals surface area contributed by atoms with Crippen LogP contribution >= 0.6 is 0 Å². The van der Waals surface area contributed by atoms with Crippen LogP contribution < -0.4 is 0 Å². The van der Waals surface area contributed by atoms with E-state index in [0.717, 1.165) is 5.56 Å². The van der Waals surface area contributed by atoms with Crippen LogP contribution in [-0.2, 0) is 25.4 Å². The normalized spacial score (nSPS) is 24.6. The molecule has 3 atom stereocenters. The lowest BCUT2D eigenvalue weighted by molar-refractivity contribution is -0.131. The molecule has 3 rings (SSSR count). The molecule has 2 aliphatic heterocycles. The monoisotopic (exact) mass is 488 g/mol. The molecular formula is C27H40N2O6. The SMILES string of the molecule is CC(C)(C)OC(=O)N1C(=O)C(CC2COC(C)(C)N2C(=O)OC(C)(C)C)CC1Cc1ccccc1. The predicted octanol–water partition coefficient (Wildman–Crippen LogP) is 5.14. The van der Waals surface area contributed by atoms with Gasteiger partial charge in [-0.05, 0) is 80.2 Å². The van der Waals surface area contributed by atoms with Crippen molar-refractivity contribution in [2.75, 3.05) is 6.61 Å². The summed E-state index contributed by atoms with van der Waals surface area (Å²) in [5, 5.41) is 0. The molecule has 1 aromatic rings. The van der Waals surface area contributed by atoms with E-state index in [1.165, 1.54) is 4.90 Å². The number of rotatable bonds is 4. The molecular weight excluding hydrogens is 448 g/mol. The molecule has 0 bridgehead atoms. The Labute approximate surface area is 208 Å². The Bertz CT molecular complexity index is 931. The van der Waals surface area contributed by atoms with E-state index in [2.05, 4.69) is 0 Å². The fraction of sp³-hybridized carbons (Fsp3) is 0.667. The van der Waals surface area contributed by atoms with Crippen LogP contribution in [0.3, 0.4) is 0 Å². The minimum atomic E-state index is -0.858. The number of nitrogens with zero attached hydrogens (tertiary/aromatic N) is 2. The van der Waals surface area contributed by atoms with E-state index >= 15 is 0 Å². The Morgan fingerprint density at radius 2 is 1.54 bits per heavy atom. The minimum absolute atomic E-state index is 0.269. The molecule has 1 aromatic carbocycles. The van der Waals surface area contributed by atoms with Crippen molar-refractivity contribution in [2.45, 2.75) is 104 Å². The second kappa shape index (κ2) is 9.80. The van der Waals surface area contributed by atoms with Gasteiger partial charge in [-0.15, -0.1) is 0 Å². The highest BCUT2D eigenvalue weighted by molar-refractivity contribution is 5.95. The smallest absolute Gasteiger partial charge is 0.417 e. The summed E-state index contributed by atoms with van der Waals surface area (Å²) >= 11 is 0. The number of carbonyl (C=O) groups is 3. The summed E-state index contributed by atoms with van der Waals surface area (Å²) in [4.78, 5) is 42.5. The van der Waals surface area contributed by atoms with Crippen molar-refractivity contribution < 1.29 is 28.6 Å². The van der Waals surface area contributed by atoms with Crippen molar-refractivity contribution in [3.05, 3.63) is 35.9 Å². The highest BCUT2D eigenvalue weighted by atomic mass is 16.6. The van der Waals surface area contributed by atoms with Crippen molar-refractivity contribution >= 4 is 18.1 Å². The Morgan fingerprint density at radius 1 is 0.971 bits per heavy atom. The zero-order valence-corrected chi connectivity index (χ0v) is 22.3. The minimum Gasteiger partial charge on any atom is -0.444 e. The number of imide groups is 1. The summed E-state index contributed by atoms with van der Waals surface area (Å²) in [6.07, 6.45) is 0.321. The number of likely N-dealkylation sites (tertiary alicyclic amines) is 1. The molecule has 0 spiro atoms. The molecule has 35 heavy (non-hydrogen) atoms. The number of carbonyl (C=O) groups excluding carboxylic acids is 3. The van der Waals surface area contributed by atoms with Gasteiger partial charge in [0, 0.05) is 12.0 Å².